The molecule has 6 nitrogen and oxygen atoms in total. The molecule has 1 N–H and O–H groups in total. The number of hydrogen-bond donors (Lipinski definition) is 1. The molecule has 0 bridgehead atoms. The van der Waals surface area contributed by atoms with E-state index in [1.54, 1.807) is 33.1 Å². The molecular weight excluding hydrogens is 523 g/mol. The molecular formula is C20H26IN2O4S2-. The molecule has 0 aliphatic carbocycles. The number of methoxy groups -OCH3 is 1. The Morgan fingerprint density at radius 1 is 1.31 bits per heavy atom. The molecule has 2 aromatic rings. The van der Waals surface area contributed by atoms with Crippen LogP contribution in [0.3, 0.4) is 0 Å². The van der Waals surface area contributed by atoms with Gasteiger partial charge in [-0.1, -0.05) is 0 Å². The Bertz CT molecular complexity index is 924. The topological polar surface area (TPSA) is 75.7 Å². The van der Waals surface area contributed by atoms with Crippen LogP contribution in [0.2, 0.25) is 0 Å². The van der Waals surface area contributed by atoms with Crippen LogP contribution >= 0.6 is 11.3 Å². The van der Waals surface area contributed by atoms with Crippen LogP contribution in [0.4, 0.5) is 0 Å². The average Bonchev–Trinajstić information content (AvgIpc) is 3.28. The first kappa shape index (κ1) is 22.5. The summed E-state index contributed by atoms with van der Waals surface area (Å²) in [6.45, 7) is 2.91. The number of ether oxygens (including phenoxy) is 1. The summed E-state index contributed by atoms with van der Waals surface area (Å²) in [6.07, 6.45) is 1.34. The van der Waals surface area contributed by atoms with Crippen molar-refractivity contribution in [1.82, 2.24) is 7.84 Å². The second-order valence-corrected chi connectivity index (χ2v) is 13.2. The van der Waals surface area contributed by atoms with E-state index in [1.165, 1.54) is 4.88 Å². The third-order valence-corrected chi connectivity index (χ3v) is 13.3. The van der Waals surface area contributed by atoms with Crippen LogP contribution in [0.25, 0.3) is 0 Å². The van der Waals surface area contributed by atoms with Gasteiger partial charge >= 0.3 is 188 Å². The molecule has 3 rings (SSSR count). The number of rotatable bonds is 8. The molecule has 2 heterocycles. The molecule has 1 aromatic heterocycles. The number of hydrogen-bond acceptors (Lipinski definition) is 5. The van der Waals surface area contributed by atoms with Crippen molar-refractivity contribution in [3.8, 4) is 5.75 Å². The van der Waals surface area contributed by atoms with Crippen LogP contribution in [0.1, 0.15) is 35.0 Å². The van der Waals surface area contributed by atoms with Gasteiger partial charge < -0.3 is 0 Å². The molecule has 9 heteroatoms. The predicted molar refractivity (Wildman–Crippen MR) is 112 cm³/mol. The molecule has 1 aliphatic rings. The van der Waals surface area contributed by atoms with E-state index in [1.807, 2.05) is 30.5 Å². The third-order valence-electron chi connectivity index (χ3n) is 4.96. The Morgan fingerprint density at radius 3 is 2.72 bits per heavy atom. The van der Waals surface area contributed by atoms with E-state index in [2.05, 4.69) is 11.4 Å². The van der Waals surface area contributed by atoms with E-state index >= 15 is 0 Å². The van der Waals surface area contributed by atoms with Crippen molar-refractivity contribution in [3.05, 3.63) is 52.2 Å². The minimum atomic E-state index is -3.15. The first-order valence-corrected chi connectivity index (χ1v) is 14.4. The number of carbonyl (C=O) groups excluding carboxylic acids is 1. The van der Waals surface area contributed by atoms with Crippen molar-refractivity contribution in [1.29, 1.82) is 0 Å². The van der Waals surface area contributed by atoms with Crippen molar-refractivity contribution in [2.75, 3.05) is 30.4 Å². The van der Waals surface area contributed by atoms with Crippen molar-refractivity contribution in [2.24, 2.45) is 0 Å². The SMILES string of the molecule is CCCS(=O)(=O)N1CCC(CNC(=O)c2ccccc2OC)(c2cccs2)C[I-]1. The number of nitrogens with one attached hydrogen (secondary N) is 1. The first-order valence-electron chi connectivity index (χ1n) is 9.47. The summed E-state index contributed by atoms with van der Waals surface area (Å²) >= 11 is 1.01. The second kappa shape index (κ2) is 9.76. The summed E-state index contributed by atoms with van der Waals surface area (Å²) in [5.41, 5.74) is 0.297. The number of para-hydroxylation sites is 1. The van der Waals surface area contributed by atoms with E-state index in [-0.39, 0.29) is 17.1 Å². The molecule has 1 saturated heterocycles. The maximum absolute atomic E-state index is 12.8. The molecule has 1 fully saturated rings. The number of sulfonamides is 1. The van der Waals surface area contributed by atoms with Crippen LogP contribution in [0.15, 0.2) is 41.8 Å². The van der Waals surface area contributed by atoms with Gasteiger partial charge in [-0.05, 0) is 0 Å². The van der Waals surface area contributed by atoms with Gasteiger partial charge in [0.1, 0.15) is 0 Å². The van der Waals surface area contributed by atoms with Gasteiger partial charge in [0.15, 0.2) is 0 Å². The van der Waals surface area contributed by atoms with E-state index in [4.69, 9.17) is 4.74 Å². The summed E-state index contributed by atoms with van der Waals surface area (Å²) in [4.78, 5) is 14.0. The molecule has 1 aliphatic heterocycles. The molecule has 1 aromatic carbocycles. The van der Waals surface area contributed by atoms with Crippen molar-refractivity contribution in [3.63, 3.8) is 0 Å². The first-order chi connectivity index (χ1) is 13.9. The van der Waals surface area contributed by atoms with Crippen LogP contribution < -0.4 is 31.5 Å². The Morgan fingerprint density at radius 2 is 2.10 bits per heavy atom. The Labute approximate surface area is 187 Å². The zero-order valence-electron chi connectivity index (χ0n) is 16.6. The predicted octanol–water partition coefficient (Wildman–Crippen LogP) is -0.126. The summed E-state index contributed by atoms with van der Waals surface area (Å²) in [7, 11) is -1.60. The molecule has 29 heavy (non-hydrogen) atoms. The molecule has 0 radical (unpaired) electrons. The number of amides is 1. The fraction of sp³-hybridized carbons (Fsp3) is 0.450. The van der Waals surface area contributed by atoms with Crippen LogP contribution in [0, 0.1) is 0 Å². The zero-order valence-corrected chi connectivity index (χ0v) is 20.3. The molecule has 0 saturated carbocycles. The summed E-state index contributed by atoms with van der Waals surface area (Å²) in [6, 6.07) is 11.3. The zero-order chi connectivity index (χ0) is 20.9. The fourth-order valence-electron chi connectivity index (χ4n) is 3.35. The standard InChI is InChI=1S/C20H26IN2O4S2/c1-3-13-29(25,26)23-11-10-20(14-21-23,18-9-6-12-28-18)15-22-19(24)16-7-4-5-8-17(16)27-2/h4-9,12H,3,10-11,13-15H2,1-2H3,(H,22,24)/q-1. The van der Waals surface area contributed by atoms with E-state index in [0.29, 0.717) is 37.2 Å². The molecule has 1 amide bonds. The fourth-order valence-corrected chi connectivity index (χ4v) is 10.7. The van der Waals surface area contributed by atoms with Crippen LogP contribution in [-0.2, 0) is 15.4 Å². The van der Waals surface area contributed by atoms with Crippen molar-refractivity contribution in [2.45, 2.75) is 25.2 Å². The van der Waals surface area contributed by atoms with Gasteiger partial charge in [0.25, 0.3) is 0 Å². The van der Waals surface area contributed by atoms with Gasteiger partial charge in [-0.25, -0.2) is 0 Å². The van der Waals surface area contributed by atoms with Gasteiger partial charge in [-0.15, -0.1) is 0 Å². The minimum absolute atomic E-state index is 0.169. The maximum atomic E-state index is 12.8. The van der Waals surface area contributed by atoms with Crippen LogP contribution in [0.5, 0.6) is 5.75 Å². The average molecular weight is 549 g/mol. The number of benzene rings is 1. The van der Waals surface area contributed by atoms with Crippen molar-refractivity contribution < 1.29 is 39.4 Å². The van der Waals surface area contributed by atoms with Gasteiger partial charge in [0.2, 0.25) is 0 Å². The number of alkyl halides is 1. The van der Waals surface area contributed by atoms with E-state index in [0.717, 1.165) is 4.43 Å². The summed E-state index contributed by atoms with van der Waals surface area (Å²) in [5, 5.41) is 5.13. The molecule has 0 spiro atoms. The van der Waals surface area contributed by atoms with Gasteiger partial charge in [-0.2, -0.15) is 0 Å². The molecule has 1 unspecified atom stereocenters. The van der Waals surface area contributed by atoms with Gasteiger partial charge in [-0.3, -0.25) is 0 Å². The number of halogens is 1. The van der Waals surface area contributed by atoms with Gasteiger partial charge in [0, 0.05) is 0 Å². The van der Waals surface area contributed by atoms with Crippen molar-refractivity contribution >= 4 is 27.3 Å². The summed E-state index contributed by atoms with van der Waals surface area (Å²) < 4.78 is 32.8. The third kappa shape index (κ3) is 5.12. The quantitative estimate of drug-likeness (QED) is 0.283. The van der Waals surface area contributed by atoms with E-state index < -0.39 is 31.5 Å². The Hall–Kier alpha value is -1.17. The summed E-state index contributed by atoms with van der Waals surface area (Å²) in [5.74, 6) is 0.587. The number of nitrogens with zero attached hydrogens (tertiary/aromatic N) is 1. The number of carbonyl (C=O) groups is 1. The Balaban J connectivity index is 1.75. The monoisotopic (exact) mass is 549 g/mol. The van der Waals surface area contributed by atoms with E-state index in [9.17, 15) is 13.2 Å². The normalized spacial score (nSPS) is 20.6. The van der Waals surface area contributed by atoms with Gasteiger partial charge in [0.05, 0.1) is 0 Å². The molecule has 1 atom stereocenters. The second-order valence-electron chi connectivity index (χ2n) is 6.97. The van der Waals surface area contributed by atoms with Crippen LogP contribution in [-0.4, -0.2) is 47.2 Å². The Kier molecular flexibility index (Phi) is 7.58. The molecule has 160 valence electrons. The number of thiophene rings is 1.